The molecule has 14 heavy (non-hydrogen) atoms. The first-order valence-electron chi connectivity index (χ1n) is 4.54. The van der Waals surface area contributed by atoms with E-state index in [-0.39, 0.29) is 0 Å². The van der Waals surface area contributed by atoms with Crippen molar-refractivity contribution in [1.82, 2.24) is 0 Å². The van der Waals surface area contributed by atoms with Crippen molar-refractivity contribution in [2.45, 2.75) is 13.3 Å². The third-order valence-corrected chi connectivity index (χ3v) is 1.80. The summed E-state index contributed by atoms with van der Waals surface area (Å²) in [6.45, 7) is 2.47. The van der Waals surface area contributed by atoms with Gasteiger partial charge in [-0.1, -0.05) is 19.1 Å². The lowest BCUT2D eigenvalue weighted by atomic mass is 9.79. The van der Waals surface area contributed by atoms with Gasteiger partial charge in [-0.25, -0.2) is 0 Å². The Balaban J connectivity index is 2.96. The van der Waals surface area contributed by atoms with E-state index in [1.165, 1.54) is 0 Å². The molecule has 0 aliphatic rings. The Kier molecular flexibility index (Phi) is 3.79. The highest BCUT2D eigenvalue weighted by Crippen LogP contribution is 2.18. The summed E-state index contributed by atoms with van der Waals surface area (Å²) in [5.41, 5.74) is 6.38. The normalized spacial score (nSPS) is 9.93. The molecule has 0 saturated heterocycles. The van der Waals surface area contributed by atoms with Gasteiger partial charge in [-0.2, -0.15) is 0 Å². The maximum Gasteiger partial charge on any atom is 0.492 e. The van der Waals surface area contributed by atoms with Crippen molar-refractivity contribution in [3.8, 4) is 5.75 Å². The van der Waals surface area contributed by atoms with Crippen LogP contribution in [0.3, 0.4) is 0 Å². The molecule has 0 amide bonds. The van der Waals surface area contributed by atoms with Crippen molar-refractivity contribution in [2.24, 2.45) is 0 Å². The van der Waals surface area contributed by atoms with Gasteiger partial charge in [0.25, 0.3) is 0 Å². The Morgan fingerprint density at radius 1 is 1.43 bits per heavy atom. The van der Waals surface area contributed by atoms with Crippen molar-refractivity contribution >= 4 is 18.3 Å². The zero-order valence-electron chi connectivity index (χ0n) is 8.10. The van der Waals surface area contributed by atoms with Crippen molar-refractivity contribution in [3.63, 3.8) is 0 Å². The van der Waals surface area contributed by atoms with Crippen molar-refractivity contribution in [3.05, 3.63) is 18.2 Å². The second-order valence-corrected chi connectivity index (χ2v) is 2.99. The molecule has 0 spiro atoms. The molecule has 0 heterocycles. The standard InChI is InChI=1S/C9H14BNO3/c1-2-6-14-9-7(10(12)13)4-3-5-8(9)11/h3-5,12-13H,2,6,11H2,1H3. The van der Waals surface area contributed by atoms with E-state index in [1.807, 2.05) is 6.92 Å². The molecule has 0 fully saturated rings. The summed E-state index contributed by atoms with van der Waals surface area (Å²) in [4.78, 5) is 0. The molecule has 4 nitrogen and oxygen atoms in total. The monoisotopic (exact) mass is 195 g/mol. The summed E-state index contributed by atoms with van der Waals surface area (Å²) in [6, 6.07) is 4.89. The molecule has 0 aliphatic carbocycles. The van der Waals surface area contributed by atoms with Gasteiger partial charge in [-0.15, -0.1) is 0 Å². The van der Waals surface area contributed by atoms with Gasteiger partial charge in [0.05, 0.1) is 12.3 Å². The van der Waals surface area contributed by atoms with Crippen LogP contribution in [0.2, 0.25) is 0 Å². The van der Waals surface area contributed by atoms with Crippen LogP contribution in [0.1, 0.15) is 13.3 Å². The number of para-hydroxylation sites is 1. The lowest BCUT2D eigenvalue weighted by Gasteiger charge is -2.12. The van der Waals surface area contributed by atoms with Gasteiger partial charge in [-0.3, -0.25) is 0 Å². The molecule has 1 aromatic carbocycles. The fraction of sp³-hybridized carbons (Fsp3) is 0.333. The van der Waals surface area contributed by atoms with Gasteiger partial charge in [-0.05, 0) is 12.5 Å². The largest absolute Gasteiger partial charge is 0.492 e. The lowest BCUT2D eigenvalue weighted by Crippen LogP contribution is -2.32. The van der Waals surface area contributed by atoms with Crippen LogP contribution in [0.25, 0.3) is 0 Å². The Hall–Kier alpha value is -1.20. The summed E-state index contributed by atoms with van der Waals surface area (Å²) in [5, 5.41) is 18.1. The van der Waals surface area contributed by atoms with Crippen LogP contribution in [0, 0.1) is 0 Å². The average Bonchev–Trinajstić information content (AvgIpc) is 2.15. The van der Waals surface area contributed by atoms with Crippen LogP contribution >= 0.6 is 0 Å². The number of ether oxygens (including phenoxy) is 1. The summed E-state index contributed by atoms with van der Waals surface area (Å²) < 4.78 is 5.33. The molecule has 1 aromatic rings. The molecule has 0 aliphatic heterocycles. The van der Waals surface area contributed by atoms with Crippen LogP contribution in [-0.4, -0.2) is 23.8 Å². The third-order valence-electron chi connectivity index (χ3n) is 1.80. The summed E-state index contributed by atoms with van der Waals surface area (Å²) in [5.74, 6) is 0.365. The number of rotatable bonds is 4. The topological polar surface area (TPSA) is 75.7 Å². The predicted octanol–water partition coefficient (Wildman–Crippen LogP) is -0.263. The molecular formula is C9H14BNO3. The van der Waals surface area contributed by atoms with E-state index in [4.69, 9.17) is 20.5 Å². The highest BCUT2D eigenvalue weighted by Gasteiger charge is 2.18. The molecule has 4 N–H and O–H groups in total. The van der Waals surface area contributed by atoms with E-state index in [0.29, 0.717) is 23.5 Å². The smallest absolute Gasteiger partial charge is 0.492 e. The van der Waals surface area contributed by atoms with E-state index >= 15 is 0 Å². The average molecular weight is 195 g/mol. The van der Waals surface area contributed by atoms with Crippen LogP contribution in [0.5, 0.6) is 5.75 Å². The molecule has 0 radical (unpaired) electrons. The van der Waals surface area contributed by atoms with Crippen LogP contribution in [0.15, 0.2) is 18.2 Å². The van der Waals surface area contributed by atoms with Gasteiger partial charge in [0.15, 0.2) is 0 Å². The SMILES string of the molecule is CCCOc1c(N)cccc1B(O)O. The predicted molar refractivity (Wildman–Crippen MR) is 56.5 cm³/mol. The Bertz CT molecular complexity index is 304. The Morgan fingerprint density at radius 3 is 2.71 bits per heavy atom. The van der Waals surface area contributed by atoms with Gasteiger partial charge < -0.3 is 20.5 Å². The highest BCUT2D eigenvalue weighted by atomic mass is 16.5. The maximum atomic E-state index is 9.05. The minimum atomic E-state index is -1.55. The van der Waals surface area contributed by atoms with Crippen LogP contribution < -0.4 is 15.9 Å². The third kappa shape index (κ3) is 2.40. The molecule has 0 saturated carbocycles. The lowest BCUT2D eigenvalue weighted by molar-refractivity contribution is 0.319. The zero-order valence-corrected chi connectivity index (χ0v) is 8.10. The first kappa shape index (κ1) is 10.9. The van der Waals surface area contributed by atoms with E-state index < -0.39 is 7.12 Å². The van der Waals surface area contributed by atoms with E-state index in [9.17, 15) is 0 Å². The fourth-order valence-corrected chi connectivity index (χ4v) is 1.15. The minimum Gasteiger partial charge on any atom is -0.492 e. The van der Waals surface area contributed by atoms with Gasteiger partial charge >= 0.3 is 7.12 Å². The minimum absolute atomic E-state index is 0.304. The Labute approximate surface area is 83.5 Å². The van der Waals surface area contributed by atoms with E-state index in [0.717, 1.165) is 6.42 Å². The molecule has 0 unspecified atom stereocenters. The molecule has 1 rings (SSSR count). The fourth-order valence-electron chi connectivity index (χ4n) is 1.15. The number of anilines is 1. The van der Waals surface area contributed by atoms with E-state index in [2.05, 4.69) is 0 Å². The van der Waals surface area contributed by atoms with E-state index in [1.54, 1.807) is 18.2 Å². The molecule has 0 bridgehead atoms. The van der Waals surface area contributed by atoms with Crippen LogP contribution in [0.4, 0.5) is 5.69 Å². The van der Waals surface area contributed by atoms with Crippen molar-refractivity contribution in [1.29, 1.82) is 0 Å². The maximum absolute atomic E-state index is 9.05. The van der Waals surface area contributed by atoms with Gasteiger partial charge in [0.1, 0.15) is 5.75 Å². The number of benzene rings is 1. The van der Waals surface area contributed by atoms with Gasteiger partial charge in [0.2, 0.25) is 0 Å². The zero-order chi connectivity index (χ0) is 10.6. The van der Waals surface area contributed by atoms with Gasteiger partial charge in [0, 0.05) is 5.46 Å². The highest BCUT2D eigenvalue weighted by molar-refractivity contribution is 6.60. The Morgan fingerprint density at radius 2 is 2.14 bits per heavy atom. The number of hydrogen-bond donors (Lipinski definition) is 3. The first-order chi connectivity index (χ1) is 6.66. The van der Waals surface area contributed by atoms with Crippen molar-refractivity contribution in [2.75, 3.05) is 12.3 Å². The number of nitrogens with two attached hydrogens (primary N) is 1. The molecular weight excluding hydrogens is 181 g/mol. The second kappa shape index (κ2) is 4.88. The number of nitrogen functional groups attached to an aromatic ring is 1. The number of hydrogen-bond acceptors (Lipinski definition) is 4. The first-order valence-corrected chi connectivity index (χ1v) is 4.54. The molecule has 5 heteroatoms. The van der Waals surface area contributed by atoms with Crippen molar-refractivity contribution < 1.29 is 14.8 Å². The summed E-state index contributed by atoms with van der Waals surface area (Å²) in [6.07, 6.45) is 0.843. The van der Waals surface area contributed by atoms with Crippen LogP contribution in [-0.2, 0) is 0 Å². The summed E-state index contributed by atoms with van der Waals surface area (Å²) in [7, 11) is -1.55. The molecule has 0 aromatic heterocycles. The molecule has 76 valence electrons. The molecule has 0 atom stereocenters. The summed E-state index contributed by atoms with van der Waals surface area (Å²) >= 11 is 0. The second-order valence-electron chi connectivity index (χ2n) is 2.99. The quantitative estimate of drug-likeness (QED) is 0.456.